The Morgan fingerprint density at radius 2 is 1.01 bits per heavy atom. The van der Waals surface area contributed by atoms with Crippen molar-refractivity contribution >= 4 is 89.5 Å². The van der Waals surface area contributed by atoms with Crippen LogP contribution in [0.25, 0.3) is 100 Å². The van der Waals surface area contributed by atoms with Crippen molar-refractivity contribution in [2.24, 2.45) is 0 Å². The largest absolute Gasteiger partial charge is 0.354 e. The van der Waals surface area contributed by atoms with Crippen LogP contribution in [-0.4, -0.2) is 54.6 Å². The van der Waals surface area contributed by atoms with Gasteiger partial charge in [-0.2, -0.15) is 0 Å². The highest BCUT2D eigenvalue weighted by Crippen LogP contribution is 2.49. The van der Waals surface area contributed by atoms with Gasteiger partial charge in [0.15, 0.2) is 0 Å². The molecule has 4 aromatic carbocycles. The van der Waals surface area contributed by atoms with E-state index in [4.69, 9.17) is 9.97 Å². The van der Waals surface area contributed by atoms with Gasteiger partial charge >= 0.3 is 0 Å². The monoisotopic (exact) mass is 1000 g/mol. The fourth-order valence-electron chi connectivity index (χ4n) is 11.3. The Bertz CT molecular complexity index is 4080. The lowest BCUT2D eigenvalue weighted by Crippen LogP contribution is -2.30. The van der Waals surface area contributed by atoms with Crippen LogP contribution in [0, 0.1) is 11.8 Å². The SMILES string of the molecule is CCCCCCN1C(=O)C2=C(c3ccc(C#Cc4c5nc(cc6[nH]c(cc7nc(cc8[nH]c4c4ccccc84)-c4ccccc4-7)c4ccccc64)-c4ccccc4-5)s3)N(CCCCCC)C(=O)C2=C1c1cccs1. The van der Waals surface area contributed by atoms with Gasteiger partial charge in [-0.05, 0) is 54.6 Å². The van der Waals surface area contributed by atoms with Crippen LogP contribution in [0.3, 0.4) is 0 Å². The van der Waals surface area contributed by atoms with Gasteiger partial charge in [0.25, 0.3) is 11.8 Å². The summed E-state index contributed by atoms with van der Waals surface area (Å²) in [7, 11) is 0. The number of hydrogen-bond acceptors (Lipinski definition) is 6. The Kier molecular flexibility index (Phi) is 11.8. The fraction of sp³-hybridized carbons (Fsp3) is 0.188. The average Bonchev–Trinajstić information content (AvgIpc) is 4.33. The third-order valence-corrected chi connectivity index (χ3v) is 16.7. The summed E-state index contributed by atoms with van der Waals surface area (Å²) in [6, 6.07) is 48.4. The zero-order valence-electron chi connectivity index (χ0n) is 41.3. The number of nitrogens with one attached hydrogen (secondary N) is 2. The number of benzene rings is 4. The number of unbranched alkanes of at least 4 members (excludes halogenated alkanes) is 6. The molecule has 10 heteroatoms. The molecule has 362 valence electrons. The van der Waals surface area contributed by atoms with Crippen LogP contribution in [0.4, 0.5) is 0 Å². The lowest BCUT2D eigenvalue weighted by molar-refractivity contribution is -0.124. The lowest BCUT2D eigenvalue weighted by atomic mass is 10.0. The van der Waals surface area contributed by atoms with Gasteiger partial charge in [0.2, 0.25) is 0 Å². The maximum atomic E-state index is 14.9. The Hall–Kier alpha value is -8.10. The highest BCUT2D eigenvalue weighted by Gasteiger charge is 2.49. The number of fused-ring (bicyclic) bond motifs is 21. The normalized spacial score (nSPS) is 13.9. The molecule has 0 aliphatic carbocycles. The van der Waals surface area contributed by atoms with Crippen molar-refractivity contribution in [2.75, 3.05) is 13.1 Å². The van der Waals surface area contributed by atoms with Crippen LogP contribution in [0.2, 0.25) is 0 Å². The summed E-state index contributed by atoms with van der Waals surface area (Å²) in [4.78, 5) is 54.7. The topological polar surface area (TPSA) is 98.0 Å². The second kappa shape index (κ2) is 19.1. The molecule has 13 rings (SSSR count). The van der Waals surface area contributed by atoms with Crippen LogP contribution < -0.4 is 0 Å². The fourth-order valence-corrected chi connectivity index (χ4v) is 13.0. The second-order valence-electron chi connectivity index (χ2n) is 19.5. The molecule has 0 spiro atoms. The predicted molar refractivity (Wildman–Crippen MR) is 305 cm³/mol. The smallest absolute Gasteiger partial charge is 0.261 e. The Labute approximate surface area is 437 Å². The summed E-state index contributed by atoms with van der Waals surface area (Å²) < 4.78 is 0. The second-order valence-corrected chi connectivity index (χ2v) is 21.5. The van der Waals surface area contributed by atoms with E-state index in [-0.39, 0.29) is 11.8 Å². The summed E-state index contributed by atoms with van der Waals surface area (Å²) in [5, 5.41) is 6.30. The third-order valence-electron chi connectivity index (χ3n) is 14.8. The van der Waals surface area contributed by atoms with E-state index in [0.29, 0.717) is 29.9 Å². The number of aromatic nitrogens is 4. The van der Waals surface area contributed by atoms with Gasteiger partial charge < -0.3 is 19.8 Å². The highest BCUT2D eigenvalue weighted by molar-refractivity contribution is 7.13. The summed E-state index contributed by atoms with van der Waals surface area (Å²) in [6.45, 7) is 5.51. The van der Waals surface area contributed by atoms with Gasteiger partial charge in [0.1, 0.15) is 0 Å². The number of thiophene rings is 2. The van der Waals surface area contributed by atoms with Gasteiger partial charge in [-0.3, -0.25) is 9.59 Å². The van der Waals surface area contributed by atoms with Crippen molar-refractivity contribution in [1.82, 2.24) is 29.7 Å². The van der Waals surface area contributed by atoms with Crippen LogP contribution in [0.15, 0.2) is 156 Å². The number of carbonyl (C=O) groups is 2. The van der Waals surface area contributed by atoms with Gasteiger partial charge in [-0.25, -0.2) is 9.97 Å². The van der Waals surface area contributed by atoms with Crippen LogP contribution in [0.1, 0.15) is 85.4 Å². The quantitative estimate of drug-likeness (QED) is 0.0941. The first-order valence-corrected chi connectivity index (χ1v) is 27.7. The zero-order chi connectivity index (χ0) is 49.9. The van der Waals surface area contributed by atoms with Gasteiger partial charge in [0.05, 0.1) is 71.0 Å². The van der Waals surface area contributed by atoms with E-state index in [2.05, 4.69) is 157 Å². The minimum atomic E-state index is -0.0854. The third kappa shape index (κ3) is 7.73. The zero-order valence-corrected chi connectivity index (χ0v) is 43.0. The van der Waals surface area contributed by atoms with Crippen LogP contribution in [-0.2, 0) is 9.59 Å². The Morgan fingerprint density at radius 1 is 0.500 bits per heavy atom. The average molecular weight is 1000 g/mol. The van der Waals surface area contributed by atoms with E-state index in [1.165, 1.54) is 11.3 Å². The number of carbonyl (C=O) groups excluding carboxylic acids is 2. The number of aromatic amines is 2. The molecule has 0 saturated carbocycles. The molecule has 8 nitrogen and oxygen atoms in total. The molecule has 8 bridgehead atoms. The molecule has 4 aliphatic heterocycles. The summed E-state index contributed by atoms with van der Waals surface area (Å²) in [5.74, 6) is 7.17. The van der Waals surface area contributed by atoms with Crippen molar-refractivity contribution in [3.05, 3.63) is 176 Å². The molecule has 0 fully saturated rings. The lowest BCUT2D eigenvalue weighted by Gasteiger charge is -2.24. The molecule has 0 radical (unpaired) electrons. The van der Waals surface area contributed by atoms with E-state index < -0.39 is 0 Å². The maximum Gasteiger partial charge on any atom is 0.261 e. The molecule has 4 aliphatic rings. The molecule has 9 aromatic rings. The van der Waals surface area contributed by atoms with Crippen molar-refractivity contribution in [2.45, 2.75) is 65.2 Å². The van der Waals surface area contributed by atoms with Gasteiger partial charge in [-0.15, -0.1) is 22.7 Å². The molecule has 2 amide bonds. The van der Waals surface area contributed by atoms with E-state index >= 15 is 0 Å². The van der Waals surface area contributed by atoms with E-state index in [0.717, 1.165) is 166 Å². The summed E-state index contributed by atoms with van der Waals surface area (Å²) in [5.41, 5.74) is 14.6. The number of amides is 2. The minimum Gasteiger partial charge on any atom is -0.354 e. The van der Waals surface area contributed by atoms with Crippen molar-refractivity contribution in [3.63, 3.8) is 0 Å². The van der Waals surface area contributed by atoms with E-state index in [1.54, 1.807) is 11.3 Å². The first-order chi connectivity index (χ1) is 36.5. The first-order valence-electron chi connectivity index (χ1n) is 26.0. The van der Waals surface area contributed by atoms with Gasteiger partial charge in [0, 0.05) is 73.4 Å². The molecule has 74 heavy (non-hydrogen) atoms. The van der Waals surface area contributed by atoms with Crippen LogP contribution >= 0.6 is 22.7 Å². The van der Waals surface area contributed by atoms with Crippen LogP contribution in [0.5, 0.6) is 0 Å². The minimum absolute atomic E-state index is 0.0854. The summed E-state index contributed by atoms with van der Waals surface area (Å²) >= 11 is 3.11. The molecular weight excluding hydrogens is 949 g/mol. The molecule has 2 N–H and O–H groups in total. The van der Waals surface area contributed by atoms with E-state index in [1.807, 2.05) is 33.4 Å². The molecular formula is C64H52N6O2S2. The Balaban J connectivity index is 1.03. The Morgan fingerprint density at radius 3 is 1.59 bits per heavy atom. The first kappa shape index (κ1) is 45.7. The maximum absolute atomic E-state index is 14.9. The molecule has 0 saturated heterocycles. The molecule has 9 heterocycles. The summed E-state index contributed by atoms with van der Waals surface area (Å²) in [6.07, 6.45) is 8.17. The van der Waals surface area contributed by atoms with Gasteiger partial charge in [-0.1, -0.05) is 167 Å². The van der Waals surface area contributed by atoms with Crippen molar-refractivity contribution in [1.29, 1.82) is 0 Å². The number of hydrogen-bond donors (Lipinski definition) is 2. The van der Waals surface area contributed by atoms with E-state index in [9.17, 15) is 9.59 Å². The van der Waals surface area contributed by atoms with Crippen molar-refractivity contribution < 1.29 is 9.59 Å². The standard InChI is InChI=1S/C64H52N6O2S2/c1-3-5-7-17-33-69-61(55-28-19-35-73-55)57-58(64(69)72)62(70(63(57)71)34-18-8-6-4-2)56-32-30-39(74-56)29-31-48-59-46-26-15-13-24-44(46)53(67-59)37-51-42-22-11-9-20-40(42)49(65-51)36-50-41-21-10-12-23-43(41)52(66-50)38-54-45-25-14-16-27-47(45)60(48)68-54/h9-16,19-28,30,32,35-38,65,68H,3-8,17-18,33-34H2,1-2H3. The molecule has 0 unspecified atom stereocenters. The van der Waals surface area contributed by atoms with Crippen molar-refractivity contribution in [3.8, 4) is 56.9 Å². The predicted octanol–water partition coefficient (Wildman–Crippen LogP) is 15.8. The molecule has 5 aromatic heterocycles. The number of nitrogens with zero attached hydrogens (tertiary/aromatic N) is 4. The number of rotatable bonds is 12. The highest BCUT2D eigenvalue weighted by atomic mass is 32.1. The number of H-pyrrole nitrogens is 2. The molecule has 0 atom stereocenters.